The fourth-order valence-electron chi connectivity index (χ4n) is 1.61. The molecule has 2 rings (SSSR count). The summed E-state index contributed by atoms with van der Waals surface area (Å²) in [5.41, 5.74) is -0.498. The Labute approximate surface area is 95.6 Å². The lowest BCUT2D eigenvalue weighted by Gasteiger charge is -2.10. The van der Waals surface area contributed by atoms with Gasteiger partial charge in [0.05, 0.1) is 12.7 Å². The second kappa shape index (κ2) is 4.01. The Hall–Kier alpha value is -1.59. The number of methoxy groups -OCH3 is 1. The van der Waals surface area contributed by atoms with E-state index in [-0.39, 0.29) is 11.6 Å². The van der Waals surface area contributed by atoms with Crippen molar-refractivity contribution in [2.24, 2.45) is 0 Å². The summed E-state index contributed by atoms with van der Waals surface area (Å²) >= 11 is 0. The average Bonchev–Trinajstić information content (AvgIpc) is 3.10. The first-order valence-corrected chi connectivity index (χ1v) is 5.09. The number of carbonyl (C=O) groups is 1. The minimum Gasteiger partial charge on any atom is -0.464 e. The van der Waals surface area contributed by atoms with Crippen molar-refractivity contribution in [3.63, 3.8) is 0 Å². The molecule has 0 radical (unpaired) electrons. The molecule has 92 valence electrons. The monoisotopic (exact) mass is 245 g/mol. The topological polar surface area (TPSA) is 39.2 Å². The molecule has 1 fully saturated rings. The van der Waals surface area contributed by atoms with Crippen LogP contribution in [0, 0.1) is 0 Å². The smallest absolute Gasteiger partial charge is 0.417 e. The quantitative estimate of drug-likeness (QED) is 0.752. The van der Waals surface area contributed by atoms with E-state index in [1.165, 1.54) is 7.11 Å². The lowest BCUT2D eigenvalue weighted by atomic mass is 10.1. The molecule has 0 atom stereocenters. The van der Waals surface area contributed by atoms with Gasteiger partial charge in [0.2, 0.25) is 0 Å². The number of carbonyl (C=O) groups excluding carboxylic acids is 1. The Bertz CT molecular complexity index is 453. The number of hydrogen-bond acceptors (Lipinski definition) is 3. The van der Waals surface area contributed by atoms with Gasteiger partial charge in [-0.2, -0.15) is 13.2 Å². The molecule has 0 saturated heterocycles. The van der Waals surface area contributed by atoms with Crippen molar-refractivity contribution in [1.29, 1.82) is 0 Å². The van der Waals surface area contributed by atoms with Gasteiger partial charge in [0.25, 0.3) is 0 Å². The first-order chi connectivity index (χ1) is 7.93. The number of pyridine rings is 1. The third-order valence-electron chi connectivity index (χ3n) is 2.64. The van der Waals surface area contributed by atoms with E-state index in [0.29, 0.717) is 11.8 Å². The van der Waals surface area contributed by atoms with Crippen molar-refractivity contribution < 1.29 is 22.7 Å². The Balaban J connectivity index is 2.45. The molecule has 1 saturated carbocycles. The van der Waals surface area contributed by atoms with Crippen LogP contribution in [0.4, 0.5) is 13.2 Å². The van der Waals surface area contributed by atoms with Crippen LogP contribution in [0.1, 0.15) is 40.4 Å². The van der Waals surface area contributed by atoms with Crippen molar-refractivity contribution in [3.05, 3.63) is 29.1 Å². The van der Waals surface area contributed by atoms with E-state index in [4.69, 9.17) is 0 Å². The van der Waals surface area contributed by atoms with E-state index >= 15 is 0 Å². The molecule has 1 aliphatic rings. The van der Waals surface area contributed by atoms with Crippen molar-refractivity contribution >= 4 is 5.97 Å². The Morgan fingerprint density at radius 2 is 2.12 bits per heavy atom. The molecular weight excluding hydrogens is 235 g/mol. The van der Waals surface area contributed by atoms with Crippen molar-refractivity contribution in [1.82, 2.24) is 4.98 Å². The van der Waals surface area contributed by atoms with Crippen molar-refractivity contribution in [2.75, 3.05) is 7.11 Å². The number of esters is 1. The second-order valence-corrected chi connectivity index (χ2v) is 3.93. The van der Waals surface area contributed by atoms with Crippen molar-refractivity contribution in [2.45, 2.75) is 24.9 Å². The van der Waals surface area contributed by atoms with Crippen LogP contribution in [0.25, 0.3) is 0 Å². The van der Waals surface area contributed by atoms with Gasteiger partial charge >= 0.3 is 12.1 Å². The third kappa shape index (κ3) is 2.40. The summed E-state index contributed by atoms with van der Waals surface area (Å²) in [5, 5.41) is 0. The molecule has 3 nitrogen and oxygen atoms in total. The summed E-state index contributed by atoms with van der Waals surface area (Å²) in [7, 11) is 1.18. The van der Waals surface area contributed by atoms with Gasteiger partial charge < -0.3 is 4.74 Å². The van der Waals surface area contributed by atoms with Crippen LogP contribution in [-0.4, -0.2) is 18.1 Å². The van der Waals surface area contributed by atoms with Crippen LogP contribution < -0.4 is 0 Å². The fourth-order valence-corrected chi connectivity index (χ4v) is 1.61. The predicted molar refractivity (Wildman–Crippen MR) is 52.6 cm³/mol. The number of aromatic nitrogens is 1. The number of halogens is 3. The number of hydrogen-bond donors (Lipinski definition) is 0. The molecule has 0 unspecified atom stereocenters. The summed E-state index contributed by atoms with van der Waals surface area (Å²) < 4.78 is 42.0. The first kappa shape index (κ1) is 11.9. The first-order valence-electron chi connectivity index (χ1n) is 5.09. The highest BCUT2D eigenvalue weighted by Crippen LogP contribution is 2.43. The van der Waals surface area contributed by atoms with Crippen LogP contribution in [-0.2, 0) is 10.9 Å². The number of rotatable bonds is 2. The van der Waals surface area contributed by atoms with Gasteiger partial charge in [0.15, 0.2) is 5.69 Å². The highest BCUT2D eigenvalue weighted by Gasteiger charge is 2.35. The van der Waals surface area contributed by atoms with Gasteiger partial charge in [-0.25, -0.2) is 9.78 Å². The molecule has 1 aromatic rings. The largest absolute Gasteiger partial charge is 0.464 e. The molecule has 0 amide bonds. The van der Waals surface area contributed by atoms with Crippen LogP contribution in [0.5, 0.6) is 0 Å². The summed E-state index contributed by atoms with van der Waals surface area (Å²) in [6.07, 6.45) is -2.20. The van der Waals surface area contributed by atoms with Gasteiger partial charge in [-0.05, 0) is 30.4 Å². The third-order valence-corrected chi connectivity index (χ3v) is 2.64. The minimum atomic E-state index is -4.44. The van der Waals surface area contributed by atoms with Crippen LogP contribution in [0.3, 0.4) is 0 Å². The zero-order chi connectivity index (χ0) is 12.6. The molecule has 0 spiro atoms. The average molecular weight is 245 g/mol. The number of ether oxygens (including phenoxy) is 1. The van der Waals surface area contributed by atoms with E-state index < -0.39 is 17.7 Å². The van der Waals surface area contributed by atoms with E-state index in [2.05, 4.69) is 9.72 Å². The van der Waals surface area contributed by atoms with E-state index in [1.54, 1.807) is 0 Å². The standard InChI is InChI=1S/C11H10F3NO2/c1-17-10(16)9-8(6-2-3-6)4-7(5-15-9)11(12,13)14/h4-6H,2-3H2,1H3. The lowest BCUT2D eigenvalue weighted by Crippen LogP contribution is -2.12. The molecule has 6 heteroatoms. The minimum absolute atomic E-state index is 0.00102. The molecule has 0 N–H and O–H groups in total. The predicted octanol–water partition coefficient (Wildman–Crippen LogP) is 2.76. The lowest BCUT2D eigenvalue weighted by molar-refractivity contribution is -0.137. The molecule has 1 aliphatic carbocycles. The Morgan fingerprint density at radius 3 is 2.59 bits per heavy atom. The van der Waals surface area contributed by atoms with Gasteiger partial charge in [0, 0.05) is 6.20 Å². The van der Waals surface area contributed by atoms with Crippen LogP contribution >= 0.6 is 0 Å². The maximum atomic E-state index is 12.5. The fraction of sp³-hybridized carbons (Fsp3) is 0.455. The zero-order valence-electron chi connectivity index (χ0n) is 9.04. The van der Waals surface area contributed by atoms with Gasteiger partial charge in [-0.3, -0.25) is 0 Å². The summed E-state index contributed by atoms with van der Waals surface area (Å²) in [6.45, 7) is 0. The summed E-state index contributed by atoms with van der Waals surface area (Å²) in [5.74, 6) is -0.695. The van der Waals surface area contributed by atoms with Crippen molar-refractivity contribution in [3.8, 4) is 0 Å². The van der Waals surface area contributed by atoms with Gasteiger partial charge in [-0.1, -0.05) is 0 Å². The Morgan fingerprint density at radius 1 is 1.47 bits per heavy atom. The molecule has 0 aliphatic heterocycles. The molecule has 0 aromatic carbocycles. The van der Waals surface area contributed by atoms with Crippen LogP contribution in [0.2, 0.25) is 0 Å². The molecule has 1 heterocycles. The maximum Gasteiger partial charge on any atom is 0.417 e. The molecule has 1 aromatic heterocycles. The molecule has 17 heavy (non-hydrogen) atoms. The summed E-state index contributed by atoms with van der Waals surface area (Å²) in [4.78, 5) is 14.9. The van der Waals surface area contributed by atoms with Crippen LogP contribution in [0.15, 0.2) is 12.3 Å². The van der Waals surface area contributed by atoms with E-state index in [1.807, 2.05) is 0 Å². The molecular formula is C11H10F3NO2. The van der Waals surface area contributed by atoms with E-state index in [9.17, 15) is 18.0 Å². The summed E-state index contributed by atoms with van der Waals surface area (Å²) in [6, 6.07) is 0.997. The molecule has 0 bridgehead atoms. The SMILES string of the molecule is COC(=O)c1ncc(C(F)(F)F)cc1C1CC1. The highest BCUT2D eigenvalue weighted by molar-refractivity contribution is 5.89. The number of alkyl halides is 3. The van der Waals surface area contributed by atoms with Gasteiger partial charge in [0.1, 0.15) is 0 Å². The number of nitrogens with zero attached hydrogens (tertiary/aromatic N) is 1. The van der Waals surface area contributed by atoms with Gasteiger partial charge in [-0.15, -0.1) is 0 Å². The Kier molecular flexibility index (Phi) is 2.81. The zero-order valence-corrected chi connectivity index (χ0v) is 9.04. The normalized spacial score (nSPS) is 15.8. The second-order valence-electron chi connectivity index (χ2n) is 3.93. The highest BCUT2D eigenvalue weighted by atomic mass is 19.4. The maximum absolute atomic E-state index is 12.5. The van der Waals surface area contributed by atoms with E-state index in [0.717, 1.165) is 18.9 Å².